The minimum Gasteiger partial charge on any atom is -0.378 e. The Morgan fingerprint density at radius 2 is 2.37 bits per heavy atom. The standard InChI is InChI=1S/C15H27N3O/c1-4-16-14(11-15-6-5-9-19-15)10-13-7-8-18(17-13)12(2)3/h7-8,12,14-16H,4-6,9-11H2,1-3H3. The average molecular weight is 265 g/mol. The van der Waals surface area contributed by atoms with Crippen molar-refractivity contribution in [2.75, 3.05) is 13.2 Å². The van der Waals surface area contributed by atoms with Crippen molar-refractivity contribution in [2.45, 2.75) is 64.6 Å². The summed E-state index contributed by atoms with van der Waals surface area (Å²) in [6.07, 6.45) is 7.04. The Labute approximate surface area is 116 Å². The van der Waals surface area contributed by atoms with Gasteiger partial charge in [-0.2, -0.15) is 5.10 Å². The van der Waals surface area contributed by atoms with Crippen LogP contribution in [0.4, 0.5) is 0 Å². The van der Waals surface area contributed by atoms with Crippen LogP contribution in [0.3, 0.4) is 0 Å². The number of rotatable bonds is 7. The van der Waals surface area contributed by atoms with Crippen LogP contribution in [-0.4, -0.2) is 35.1 Å². The number of hydrogen-bond acceptors (Lipinski definition) is 3. The van der Waals surface area contributed by atoms with Gasteiger partial charge in [0.15, 0.2) is 0 Å². The predicted molar refractivity (Wildman–Crippen MR) is 77.4 cm³/mol. The Kier molecular flexibility index (Phi) is 5.40. The minimum absolute atomic E-state index is 0.435. The van der Waals surface area contributed by atoms with Crippen molar-refractivity contribution in [1.82, 2.24) is 15.1 Å². The molecule has 4 nitrogen and oxygen atoms in total. The fourth-order valence-electron chi connectivity index (χ4n) is 2.70. The second-order valence-electron chi connectivity index (χ2n) is 5.71. The van der Waals surface area contributed by atoms with Crippen LogP contribution in [0.5, 0.6) is 0 Å². The first kappa shape index (κ1) is 14.5. The lowest BCUT2D eigenvalue weighted by atomic mass is 10.0. The van der Waals surface area contributed by atoms with Crippen LogP contribution in [0.1, 0.15) is 51.8 Å². The Morgan fingerprint density at radius 1 is 1.53 bits per heavy atom. The van der Waals surface area contributed by atoms with Crippen LogP contribution < -0.4 is 5.32 Å². The summed E-state index contributed by atoms with van der Waals surface area (Å²) in [7, 11) is 0. The van der Waals surface area contributed by atoms with Crippen molar-refractivity contribution in [3.05, 3.63) is 18.0 Å². The Balaban J connectivity index is 1.90. The number of hydrogen-bond donors (Lipinski definition) is 1. The average Bonchev–Trinajstić information content (AvgIpc) is 3.00. The zero-order valence-corrected chi connectivity index (χ0v) is 12.4. The van der Waals surface area contributed by atoms with Crippen molar-refractivity contribution in [3.63, 3.8) is 0 Å². The third-order valence-corrected chi connectivity index (χ3v) is 3.71. The van der Waals surface area contributed by atoms with Crippen LogP contribution in [0, 0.1) is 0 Å². The van der Waals surface area contributed by atoms with Crippen molar-refractivity contribution in [2.24, 2.45) is 0 Å². The van der Waals surface area contributed by atoms with Gasteiger partial charge in [-0.15, -0.1) is 0 Å². The fraction of sp³-hybridized carbons (Fsp3) is 0.800. The molecule has 2 atom stereocenters. The monoisotopic (exact) mass is 265 g/mol. The second kappa shape index (κ2) is 7.06. The molecule has 1 aliphatic rings. The Hall–Kier alpha value is -0.870. The van der Waals surface area contributed by atoms with Crippen molar-refractivity contribution < 1.29 is 4.74 Å². The molecule has 1 fully saturated rings. The van der Waals surface area contributed by atoms with Crippen molar-refractivity contribution in [3.8, 4) is 0 Å². The molecule has 19 heavy (non-hydrogen) atoms. The van der Waals surface area contributed by atoms with E-state index in [0.29, 0.717) is 18.2 Å². The molecule has 1 saturated heterocycles. The third kappa shape index (κ3) is 4.32. The summed E-state index contributed by atoms with van der Waals surface area (Å²) in [5.41, 5.74) is 1.18. The highest BCUT2D eigenvalue weighted by atomic mass is 16.5. The van der Waals surface area contributed by atoms with Gasteiger partial charge in [0.25, 0.3) is 0 Å². The molecule has 0 aromatic carbocycles. The van der Waals surface area contributed by atoms with Gasteiger partial charge in [0.05, 0.1) is 11.8 Å². The Bertz CT molecular complexity index is 369. The summed E-state index contributed by atoms with van der Waals surface area (Å²) in [5.74, 6) is 0. The normalized spacial score (nSPS) is 21.2. The van der Waals surface area contributed by atoms with Gasteiger partial charge in [-0.3, -0.25) is 4.68 Å². The topological polar surface area (TPSA) is 39.1 Å². The molecular formula is C15H27N3O. The van der Waals surface area contributed by atoms with Gasteiger partial charge in [0, 0.05) is 31.3 Å². The summed E-state index contributed by atoms with van der Waals surface area (Å²) in [6.45, 7) is 8.42. The molecular weight excluding hydrogens is 238 g/mol. The fourth-order valence-corrected chi connectivity index (χ4v) is 2.70. The Morgan fingerprint density at radius 3 is 2.95 bits per heavy atom. The molecule has 1 N–H and O–H groups in total. The lowest BCUT2D eigenvalue weighted by Crippen LogP contribution is -2.34. The number of aromatic nitrogens is 2. The molecule has 4 heteroatoms. The van der Waals surface area contributed by atoms with Crippen LogP contribution in [0.15, 0.2) is 12.3 Å². The highest BCUT2D eigenvalue weighted by Gasteiger charge is 2.21. The SMILES string of the molecule is CCNC(Cc1ccn(C(C)C)n1)CC1CCCO1. The first-order valence-corrected chi connectivity index (χ1v) is 7.58. The maximum Gasteiger partial charge on any atom is 0.0640 e. The van der Waals surface area contributed by atoms with E-state index in [1.165, 1.54) is 18.5 Å². The molecule has 0 saturated carbocycles. The van der Waals surface area contributed by atoms with Crippen LogP contribution in [-0.2, 0) is 11.2 Å². The first-order chi connectivity index (χ1) is 9.19. The molecule has 2 unspecified atom stereocenters. The quantitative estimate of drug-likeness (QED) is 0.823. The zero-order chi connectivity index (χ0) is 13.7. The van der Waals surface area contributed by atoms with Gasteiger partial charge in [-0.25, -0.2) is 0 Å². The van der Waals surface area contributed by atoms with Crippen molar-refractivity contribution >= 4 is 0 Å². The second-order valence-corrected chi connectivity index (χ2v) is 5.71. The maximum atomic E-state index is 5.75. The van der Waals surface area contributed by atoms with Crippen LogP contribution in [0.25, 0.3) is 0 Å². The van der Waals surface area contributed by atoms with E-state index in [0.717, 1.165) is 26.0 Å². The van der Waals surface area contributed by atoms with Gasteiger partial charge in [0.1, 0.15) is 0 Å². The molecule has 1 aromatic heterocycles. The van der Waals surface area contributed by atoms with E-state index in [9.17, 15) is 0 Å². The van der Waals surface area contributed by atoms with Gasteiger partial charge in [0.2, 0.25) is 0 Å². The van der Waals surface area contributed by atoms with Gasteiger partial charge in [-0.1, -0.05) is 6.92 Å². The van der Waals surface area contributed by atoms with E-state index in [1.54, 1.807) is 0 Å². The third-order valence-electron chi connectivity index (χ3n) is 3.71. The summed E-state index contributed by atoms with van der Waals surface area (Å²) >= 11 is 0. The molecule has 0 spiro atoms. The van der Waals surface area contributed by atoms with Crippen LogP contribution >= 0.6 is 0 Å². The molecule has 0 radical (unpaired) electrons. The van der Waals surface area contributed by atoms with Gasteiger partial charge < -0.3 is 10.1 Å². The molecule has 2 heterocycles. The van der Waals surface area contributed by atoms with E-state index in [4.69, 9.17) is 4.74 Å². The predicted octanol–water partition coefficient (Wildman–Crippen LogP) is 2.55. The minimum atomic E-state index is 0.435. The number of likely N-dealkylation sites (N-methyl/N-ethyl adjacent to an activating group) is 1. The molecule has 0 amide bonds. The van der Waals surface area contributed by atoms with Gasteiger partial charge in [-0.05, 0) is 45.7 Å². The molecule has 108 valence electrons. The van der Waals surface area contributed by atoms with E-state index in [1.807, 2.05) is 4.68 Å². The van der Waals surface area contributed by atoms with E-state index < -0.39 is 0 Å². The highest BCUT2D eigenvalue weighted by molar-refractivity contribution is 5.02. The first-order valence-electron chi connectivity index (χ1n) is 7.58. The molecule has 0 aliphatic carbocycles. The number of ether oxygens (including phenoxy) is 1. The lowest BCUT2D eigenvalue weighted by Gasteiger charge is -2.20. The lowest BCUT2D eigenvalue weighted by molar-refractivity contribution is 0.0946. The summed E-state index contributed by atoms with van der Waals surface area (Å²) in [4.78, 5) is 0. The summed E-state index contributed by atoms with van der Waals surface area (Å²) in [5, 5.41) is 8.21. The molecule has 1 aliphatic heterocycles. The van der Waals surface area contributed by atoms with E-state index in [2.05, 4.69) is 43.4 Å². The highest BCUT2D eigenvalue weighted by Crippen LogP contribution is 2.18. The molecule has 0 bridgehead atoms. The summed E-state index contributed by atoms with van der Waals surface area (Å²) in [6, 6.07) is 3.05. The molecule has 2 rings (SSSR count). The maximum absolute atomic E-state index is 5.75. The number of nitrogens with zero attached hydrogens (tertiary/aromatic N) is 2. The summed E-state index contributed by atoms with van der Waals surface area (Å²) < 4.78 is 7.78. The van der Waals surface area contributed by atoms with E-state index >= 15 is 0 Å². The van der Waals surface area contributed by atoms with Crippen LogP contribution in [0.2, 0.25) is 0 Å². The van der Waals surface area contributed by atoms with Gasteiger partial charge >= 0.3 is 0 Å². The van der Waals surface area contributed by atoms with E-state index in [-0.39, 0.29) is 0 Å². The largest absolute Gasteiger partial charge is 0.378 e. The van der Waals surface area contributed by atoms with Crippen molar-refractivity contribution in [1.29, 1.82) is 0 Å². The molecule has 1 aromatic rings. The smallest absolute Gasteiger partial charge is 0.0640 e. The number of nitrogens with one attached hydrogen (secondary N) is 1. The zero-order valence-electron chi connectivity index (χ0n) is 12.4.